The number of aromatic nitrogens is 3. The molecule has 0 aliphatic rings. The molecule has 0 atom stereocenters. The standard InChI is InChI=1S/C14H8F3N3O/c15-14(16,17)9-3-4-10(11(21)6-9)13-12-8(7-19-20-13)2-1-5-18-12/h1-7,21H. The second-order valence-corrected chi connectivity index (χ2v) is 4.36. The van der Waals surface area contributed by atoms with E-state index in [1.165, 1.54) is 12.4 Å². The van der Waals surface area contributed by atoms with Crippen LogP contribution in [-0.4, -0.2) is 20.3 Å². The highest BCUT2D eigenvalue weighted by Gasteiger charge is 2.31. The smallest absolute Gasteiger partial charge is 0.416 e. The predicted octanol–water partition coefficient (Wildman–Crippen LogP) is 3.42. The molecule has 3 rings (SSSR count). The first-order valence-corrected chi connectivity index (χ1v) is 5.94. The van der Waals surface area contributed by atoms with Gasteiger partial charge in [-0.25, -0.2) is 0 Å². The zero-order valence-electron chi connectivity index (χ0n) is 10.5. The van der Waals surface area contributed by atoms with Gasteiger partial charge in [0.1, 0.15) is 17.0 Å². The first-order valence-electron chi connectivity index (χ1n) is 5.94. The lowest BCUT2D eigenvalue weighted by atomic mass is 10.1. The van der Waals surface area contributed by atoms with Crippen molar-refractivity contribution < 1.29 is 18.3 Å². The van der Waals surface area contributed by atoms with Crippen molar-refractivity contribution in [1.29, 1.82) is 0 Å². The van der Waals surface area contributed by atoms with Crippen LogP contribution in [0, 0.1) is 0 Å². The Bertz CT molecular complexity index is 813. The van der Waals surface area contributed by atoms with E-state index in [-0.39, 0.29) is 11.3 Å². The molecule has 2 heterocycles. The molecule has 1 N–H and O–H groups in total. The van der Waals surface area contributed by atoms with Crippen LogP contribution in [0.3, 0.4) is 0 Å². The summed E-state index contributed by atoms with van der Waals surface area (Å²) in [4.78, 5) is 4.13. The monoisotopic (exact) mass is 291 g/mol. The van der Waals surface area contributed by atoms with E-state index in [1.807, 2.05) is 0 Å². The Morgan fingerprint density at radius 1 is 1.10 bits per heavy atom. The number of aromatic hydroxyl groups is 1. The van der Waals surface area contributed by atoms with Crippen LogP contribution >= 0.6 is 0 Å². The summed E-state index contributed by atoms with van der Waals surface area (Å²) < 4.78 is 37.8. The normalized spacial score (nSPS) is 11.8. The number of fused-ring (bicyclic) bond motifs is 1. The zero-order chi connectivity index (χ0) is 15.0. The van der Waals surface area contributed by atoms with Crippen LogP contribution in [-0.2, 0) is 6.18 Å². The quantitative estimate of drug-likeness (QED) is 0.746. The third kappa shape index (κ3) is 2.37. The van der Waals surface area contributed by atoms with Crippen LogP contribution < -0.4 is 0 Å². The third-order valence-corrected chi connectivity index (χ3v) is 3.00. The van der Waals surface area contributed by atoms with E-state index in [9.17, 15) is 18.3 Å². The van der Waals surface area contributed by atoms with E-state index < -0.39 is 17.5 Å². The van der Waals surface area contributed by atoms with Crippen molar-refractivity contribution in [2.45, 2.75) is 6.18 Å². The first kappa shape index (κ1) is 13.3. The molecule has 0 unspecified atom stereocenters. The average molecular weight is 291 g/mol. The highest BCUT2D eigenvalue weighted by molar-refractivity contribution is 5.91. The zero-order valence-corrected chi connectivity index (χ0v) is 10.5. The molecule has 0 spiro atoms. The van der Waals surface area contributed by atoms with E-state index in [1.54, 1.807) is 12.1 Å². The SMILES string of the molecule is Oc1cc(C(F)(F)F)ccc1-c1nncc2cccnc12. The van der Waals surface area contributed by atoms with Gasteiger partial charge in [-0.1, -0.05) is 0 Å². The summed E-state index contributed by atoms with van der Waals surface area (Å²) in [5.41, 5.74) is -0.0772. The van der Waals surface area contributed by atoms with E-state index in [0.717, 1.165) is 12.1 Å². The fourth-order valence-electron chi connectivity index (χ4n) is 2.01. The van der Waals surface area contributed by atoms with Gasteiger partial charge in [-0.05, 0) is 30.3 Å². The van der Waals surface area contributed by atoms with Crippen molar-refractivity contribution in [3.05, 3.63) is 48.3 Å². The van der Waals surface area contributed by atoms with E-state index in [0.29, 0.717) is 17.0 Å². The molecule has 21 heavy (non-hydrogen) atoms. The number of alkyl halides is 3. The lowest BCUT2D eigenvalue weighted by Gasteiger charge is -2.10. The van der Waals surface area contributed by atoms with Crippen molar-refractivity contribution in [2.24, 2.45) is 0 Å². The number of nitrogens with zero attached hydrogens (tertiary/aromatic N) is 3. The van der Waals surface area contributed by atoms with Gasteiger partial charge in [-0.3, -0.25) is 4.98 Å². The van der Waals surface area contributed by atoms with Crippen molar-refractivity contribution >= 4 is 10.9 Å². The Morgan fingerprint density at radius 3 is 2.62 bits per heavy atom. The summed E-state index contributed by atoms with van der Waals surface area (Å²) in [5, 5.41) is 18.2. The number of phenolic OH excluding ortho intramolecular Hbond substituents is 1. The number of phenols is 1. The highest BCUT2D eigenvalue weighted by atomic mass is 19.4. The van der Waals surface area contributed by atoms with Crippen molar-refractivity contribution in [2.75, 3.05) is 0 Å². The minimum Gasteiger partial charge on any atom is -0.507 e. The molecule has 1 aromatic carbocycles. The molecule has 106 valence electrons. The molecule has 2 aromatic heterocycles. The molecule has 0 bridgehead atoms. The second-order valence-electron chi connectivity index (χ2n) is 4.36. The molecule has 0 amide bonds. The maximum Gasteiger partial charge on any atom is 0.416 e. The third-order valence-electron chi connectivity index (χ3n) is 3.00. The van der Waals surface area contributed by atoms with Gasteiger partial charge in [-0.2, -0.15) is 18.3 Å². The summed E-state index contributed by atoms with van der Waals surface area (Å²) in [6.45, 7) is 0. The molecule has 7 heteroatoms. The van der Waals surface area contributed by atoms with Crippen LogP contribution in [0.4, 0.5) is 13.2 Å². The maximum absolute atomic E-state index is 12.6. The number of halogens is 3. The summed E-state index contributed by atoms with van der Waals surface area (Å²) in [6.07, 6.45) is -1.49. The molecular formula is C14H8F3N3O. The molecule has 4 nitrogen and oxygen atoms in total. The summed E-state index contributed by atoms with van der Waals surface area (Å²) in [6, 6.07) is 6.18. The number of hydrogen-bond acceptors (Lipinski definition) is 4. The second kappa shape index (κ2) is 4.69. The molecular weight excluding hydrogens is 283 g/mol. The minimum absolute atomic E-state index is 0.153. The van der Waals surface area contributed by atoms with Gasteiger partial charge in [0.05, 0.1) is 11.8 Å². The summed E-state index contributed by atoms with van der Waals surface area (Å²) >= 11 is 0. The van der Waals surface area contributed by atoms with Crippen molar-refractivity contribution in [3.8, 4) is 17.0 Å². The molecule has 0 fully saturated rings. The van der Waals surface area contributed by atoms with E-state index in [4.69, 9.17) is 0 Å². The lowest BCUT2D eigenvalue weighted by Crippen LogP contribution is -2.04. The predicted molar refractivity (Wildman–Crippen MR) is 69.4 cm³/mol. The molecule has 0 aliphatic carbocycles. The largest absolute Gasteiger partial charge is 0.507 e. The van der Waals surface area contributed by atoms with E-state index in [2.05, 4.69) is 15.2 Å². The fourth-order valence-corrected chi connectivity index (χ4v) is 2.01. The fraction of sp³-hybridized carbons (Fsp3) is 0.0714. The number of pyridine rings is 1. The molecule has 0 saturated heterocycles. The van der Waals surface area contributed by atoms with Gasteiger partial charge in [0, 0.05) is 17.1 Å². The maximum atomic E-state index is 12.6. The lowest BCUT2D eigenvalue weighted by molar-refractivity contribution is -0.137. The molecule has 0 aliphatic heterocycles. The van der Waals surface area contributed by atoms with Crippen LogP contribution in [0.2, 0.25) is 0 Å². The van der Waals surface area contributed by atoms with Gasteiger partial charge in [0.2, 0.25) is 0 Å². The Morgan fingerprint density at radius 2 is 1.90 bits per heavy atom. The first-order chi connectivity index (χ1) is 9.97. The van der Waals surface area contributed by atoms with E-state index >= 15 is 0 Å². The Kier molecular flexibility index (Phi) is 2.97. The van der Waals surface area contributed by atoms with Crippen LogP contribution in [0.25, 0.3) is 22.2 Å². The molecule has 0 radical (unpaired) electrons. The van der Waals surface area contributed by atoms with Crippen LogP contribution in [0.5, 0.6) is 5.75 Å². The summed E-state index contributed by atoms with van der Waals surface area (Å²) in [5.74, 6) is -0.516. The highest BCUT2D eigenvalue weighted by Crippen LogP contribution is 2.37. The summed E-state index contributed by atoms with van der Waals surface area (Å²) in [7, 11) is 0. The van der Waals surface area contributed by atoms with Gasteiger partial charge in [0.15, 0.2) is 0 Å². The Balaban J connectivity index is 2.20. The minimum atomic E-state index is -4.52. The number of hydrogen-bond donors (Lipinski definition) is 1. The topological polar surface area (TPSA) is 58.9 Å². The van der Waals surface area contributed by atoms with Gasteiger partial charge < -0.3 is 5.11 Å². The Hall–Kier alpha value is -2.70. The number of benzene rings is 1. The molecule has 0 saturated carbocycles. The van der Waals surface area contributed by atoms with Gasteiger partial charge >= 0.3 is 6.18 Å². The van der Waals surface area contributed by atoms with Crippen molar-refractivity contribution in [1.82, 2.24) is 15.2 Å². The number of rotatable bonds is 1. The van der Waals surface area contributed by atoms with Crippen molar-refractivity contribution in [3.63, 3.8) is 0 Å². The molecule has 3 aromatic rings. The van der Waals surface area contributed by atoms with Gasteiger partial charge in [0.25, 0.3) is 0 Å². The van der Waals surface area contributed by atoms with Gasteiger partial charge in [-0.15, -0.1) is 5.10 Å². The average Bonchev–Trinajstić information content (AvgIpc) is 2.46. The van der Waals surface area contributed by atoms with Crippen LogP contribution in [0.15, 0.2) is 42.7 Å². The van der Waals surface area contributed by atoms with Crippen LogP contribution in [0.1, 0.15) is 5.56 Å². The Labute approximate surface area is 116 Å².